The molecule has 12 heavy (non-hydrogen) atoms. The molecule has 0 aliphatic heterocycles. The van der Waals surface area contributed by atoms with Gasteiger partial charge in [-0.3, -0.25) is 0 Å². The van der Waals surface area contributed by atoms with E-state index < -0.39 is 11.7 Å². The summed E-state index contributed by atoms with van der Waals surface area (Å²) in [6.45, 7) is 0. The number of pyridine rings is 1. The van der Waals surface area contributed by atoms with E-state index in [-0.39, 0.29) is 4.51 Å². The Morgan fingerprint density at radius 1 is 1.33 bits per heavy atom. The smallest absolute Gasteiger partial charge is 0.366 e. The fourth-order valence-corrected chi connectivity index (χ4v) is 1.37. The highest BCUT2D eigenvalue weighted by atomic mass is 127. The number of H-pyrrole nitrogens is 1. The van der Waals surface area contributed by atoms with E-state index in [1.54, 1.807) is 22.6 Å². The van der Waals surface area contributed by atoms with Crippen molar-refractivity contribution in [2.24, 2.45) is 0 Å². The number of aromatic amines is 1. The van der Waals surface area contributed by atoms with Crippen LogP contribution in [0.4, 0.5) is 13.2 Å². The summed E-state index contributed by atoms with van der Waals surface area (Å²) in [6, 6.07) is 0. The molecule has 0 saturated carbocycles. The number of rotatable bonds is 0. The molecule has 0 atom stereocenters. The number of aromatic nitrogens is 1. The van der Waals surface area contributed by atoms with Crippen molar-refractivity contribution in [1.82, 2.24) is 4.98 Å². The average molecular weight is 305 g/mol. The number of hydrogen-bond donors (Lipinski definition) is 1. The Morgan fingerprint density at radius 2 is 1.92 bits per heavy atom. The molecule has 6 heteroatoms. The van der Waals surface area contributed by atoms with Gasteiger partial charge in [0.2, 0.25) is 0 Å². The summed E-state index contributed by atoms with van der Waals surface area (Å²) in [5, 5.41) is 0. The number of halogens is 4. The Balaban J connectivity index is 3.37. The van der Waals surface area contributed by atoms with Crippen LogP contribution in [-0.4, -0.2) is 4.98 Å². The second-order valence-electron chi connectivity index (χ2n) is 2.04. The summed E-state index contributed by atoms with van der Waals surface area (Å²) >= 11 is 6.35. The van der Waals surface area contributed by atoms with E-state index in [0.717, 1.165) is 6.20 Å². The zero-order valence-corrected chi connectivity index (χ0v) is 8.55. The van der Waals surface area contributed by atoms with Gasteiger partial charge in [0.25, 0.3) is 0 Å². The topological polar surface area (TPSA) is 15.8 Å². The zero-order chi connectivity index (χ0) is 9.35. The molecule has 0 aliphatic rings. The minimum atomic E-state index is -4.37. The molecule has 0 saturated heterocycles. The van der Waals surface area contributed by atoms with Crippen molar-refractivity contribution in [1.29, 1.82) is 0 Å². The molecule has 1 aromatic heterocycles. The summed E-state index contributed by atoms with van der Waals surface area (Å²) in [5.74, 6) is 0. The maximum atomic E-state index is 12.1. The van der Waals surface area contributed by atoms with E-state index in [2.05, 4.69) is 17.2 Å². The molecule has 1 aromatic rings. The Bertz CT molecular complexity index is 343. The third-order valence-corrected chi connectivity index (χ3v) is 2.86. The fraction of sp³-hybridized carbons (Fsp3) is 0.167. The lowest BCUT2D eigenvalue weighted by Gasteiger charge is -2.06. The van der Waals surface area contributed by atoms with Crippen LogP contribution in [0, 0.1) is 8.08 Å². The molecule has 1 N–H and O–H groups in total. The maximum absolute atomic E-state index is 12.1. The van der Waals surface area contributed by atoms with Crippen LogP contribution in [0.5, 0.6) is 0 Å². The minimum absolute atomic E-state index is 0.151. The van der Waals surface area contributed by atoms with Crippen molar-refractivity contribution in [2.45, 2.75) is 6.18 Å². The molecule has 0 bridgehead atoms. The Hall–Kier alpha value is -0.110. The average Bonchev–Trinajstić information content (AvgIpc) is 1.92. The van der Waals surface area contributed by atoms with Crippen LogP contribution >= 0.6 is 34.8 Å². The molecule has 0 aromatic carbocycles. The van der Waals surface area contributed by atoms with Crippen molar-refractivity contribution in [3.05, 3.63) is 26.0 Å². The van der Waals surface area contributed by atoms with Gasteiger partial charge in [-0.1, -0.05) is 12.2 Å². The lowest BCUT2D eigenvalue weighted by Crippen LogP contribution is -2.06. The molecule has 0 radical (unpaired) electrons. The first kappa shape index (κ1) is 9.97. The largest absolute Gasteiger partial charge is 0.419 e. The van der Waals surface area contributed by atoms with E-state index in [0.29, 0.717) is 3.57 Å². The second kappa shape index (κ2) is 3.33. The van der Waals surface area contributed by atoms with Gasteiger partial charge in [-0.25, -0.2) is 0 Å². The summed E-state index contributed by atoms with van der Waals surface area (Å²) in [7, 11) is 0. The first-order valence-corrected chi connectivity index (χ1v) is 4.35. The quantitative estimate of drug-likeness (QED) is 0.574. The third-order valence-electron chi connectivity index (χ3n) is 1.20. The van der Waals surface area contributed by atoms with E-state index in [1.165, 1.54) is 6.20 Å². The second-order valence-corrected chi connectivity index (χ2v) is 3.61. The summed E-state index contributed by atoms with van der Waals surface area (Å²) in [6.07, 6.45) is -2.07. The molecule has 0 aliphatic carbocycles. The molecule has 1 heterocycles. The lowest BCUT2D eigenvalue weighted by atomic mass is 10.3. The van der Waals surface area contributed by atoms with Gasteiger partial charge in [0.1, 0.15) is 0 Å². The Kier molecular flexibility index (Phi) is 2.77. The van der Waals surface area contributed by atoms with E-state index in [4.69, 9.17) is 0 Å². The maximum Gasteiger partial charge on any atom is 0.419 e. The minimum Gasteiger partial charge on any atom is -0.366 e. The highest BCUT2D eigenvalue weighted by Gasteiger charge is 2.32. The summed E-state index contributed by atoms with van der Waals surface area (Å²) in [5.41, 5.74) is -0.788. The molecular formula is C6H3F3INS. The Morgan fingerprint density at radius 3 is 2.33 bits per heavy atom. The van der Waals surface area contributed by atoms with Gasteiger partial charge in [0.05, 0.1) is 10.1 Å². The van der Waals surface area contributed by atoms with Gasteiger partial charge in [0, 0.05) is 16.0 Å². The molecule has 0 unspecified atom stereocenters. The molecule has 1 nitrogen and oxygen atoms in total. The highest BCUT2D eigenvalue weighted by molar-refractivity contribution is 14.1. The van der Waals surface area contributed by atoms with Gasteiger partial charge < -0.3 is 4.98 Å². The Labute approximate surface area is 85.1 Å². The molecular weight excluding hydrogens is 302 g/mol. The molecule has 0 fully saturated rings. The summed E-state index contributed by atoms with van der Waals surface area (Å²) in [4.78, 5) is 2.38. The standard InChI is InChI=1S/C6H3F3INS/c7-6(8,9)3-1-11-2-4(10)5(3)12/h1-2H,(H,11,12). The monoisotopic (exact) mass is 305 g/mol. The van der Waals surface area contributed by atoms with Crippen LogP contribution in [0.25, 0.3) is 0 Å². The predicted octanol–water partition coefficient (Wildman–Crippen LogP) is 3.37. The molecule has 66 valence electrons. The normalized spacial score (nSPS) is 11.7. The van der Waals surface area contributed by atoms with Gasteiger partial charge in [0.15, 0.2) is 0 Å². The van der Waals surface area contributed by atoms with Crippen LogP contribution in [0.15, 0.2) is 12.4 Å². The van der Waals surface area contributed by atoms with Crippen molar-refractivity contribution < 1.29 is 13.2 Å². The van der Waals surface area contributed by atoms with Gasteiger partial charge in [-0.15, -0.1) is 0 Å². The fourth-order valence-electron chi connectivity index (χ4n) is 0.668. The predicted molar refractivity (Wildman–Crippen MR) is 49.3 cm³/mol. The first-order valence-electron chi connectivity index (χ1n) is 2.86. The van der Waals surface area contributed by atoms with Crippen molar-refractivity contribution in [3.8, 4) is 0 Å². The van der Waals surface area contributed by atoms with Crippen molar-refractivity contribution in [2.75, 3.05) is 0 Å². The summed E-state index contributed by atoms with van der Waals surface area (Å²) < 4.78 is 36.7. The van der Waals surface area contributed by atoms with Crippen molar-refractivity contribution >= 4 is 34.8 Å². The van der Waals surface area contributed by atoms with Crippen LogP contribution in [0.2, 0.25) is 0 Å². The van der Waals surface area contributed by atoms with Crippen LogP contribution < -0.4 is 0 Å². The van der Waals surface area contributed by atoms with Crippen molar-refractivity contribution in [3.63, 3.8) is 0 Å². The molecule has 1 rings (SSSR count). The third kappa shape index (κ3) is 1.98. The first-order chi connectivity index (χ1) is 5.43. The van der Waals surface area contributed by atoms with E-state index in [1.807, 2.05) is 0 Å². The molecule has 0 spiro atoms. The molecule has 0 amide bonds. The number of hydrogen-bond acceptors (Lipinski definition) is 1. The van der Waals surface area contributed by atoms with E-state index >= 15 is 0 Å². The lowest BCUT2D eigenvalue weighted by molar-refractivity contribution is -0.138. The highest BCUT2D eigenvalue weighted by Crippen LogP contribution is 2.30. The van der Waals surface area contributed by atoms with Gasteiger partial charge >= 0.3 is 6.18 Å². The van der Waals surface area contributed by atoms with Crippen LogP contribution in [0.3, 0.4) is 0 Å². The number of alkyl halides is 3. The van der Waals surface area contributed by atoms with E-state index in [9.17, 15) is 13.2 Å². The van der Waals surface area contributed by atoms with Crippen LogP contribution in [0.1, 0.15) is 5.56 Å². The SMILES string of the molecule is FC(F)(F)c1c[nH]cc(I)c1=S. The zero-order valence-electron chi connectivity index (χ0n) is 5.57. The van der Waals surface area contributed by atoms with Crippen LogP contribution in [-0.2, 0) is 6.18 Å². The number of nitrogens with one attached hydrogen (secondary N) is 1. The van der Waals surface area contributed by atoms with Gasteiger partial charge in [-0.05, 0) is 22.6 Å². The van der Waals surface area contributed by atoms with Gasteiger partial charge in [-0.2, -0.15) is 13.2 Å².